The molecular weight excluding hydrogens is 246 g/mol. The van der Waals surface area contributed by atoms with E-state index in [0.717, 1.165) is 16.1 Å². The molecular formula is C12H11N5S. The molecule has 3 rings (SSSR count). The summed E-state index contributed by atoms with van der Waals surface area (Å²) in [7, 11) is 1.87. The Kier molecular flexibility index (Phi) is 2.56. The molecule has 5 nitrogen and oxygen atoms in total. The molecule has 0 saturated carbocycles. The molecule has 0 fully saturated rings. The normalized spacial score (nSPS) is 10.7. The first-order valence-electron chi connectivity index (χ1n) is 5.40. The first-order chi connectivity index (χ1) is 8.72. The van der Waals surface area contributed by atoms with Crippen molar-refractivity contribution in [2.75, 3.05) is 5.73 Å². The number of rotatable bonds is 2. The summed E-state index contributed by atoms with van der Waals surface area (Å²) in [5.74, 6) is 1.12. The Morgan fingerprint density at radius 1 is 1.33 bits per heavy atom. The number of thiophene rings is 1. The van der Waals surface area contributed by atoms with Gasteiger partial charge in [0.15, 0.2) is 5.82 Å². The number of aromatic nitrogens is 4. The zero-order valence-electron chi connectivity index (χ0n) is 9.74. The van der Waals surface area contributed by atoms with E-state index in [2.05, 4.69) is 15.1 Å². The van der Waals surface area contributed by atoms with Crippen LogP contribution in [0, 0.1) is 0 Å². The fourth-order valence-electron chi connectivity index (χ4n) is 1.68. The Hall–Kier alpha value is -2.21. The van der Waals surface area contributed by atoms with E-state index in [-0.39, 0.29) is 0 Å². The van der Waals surface area contributed by atoms with Gasteiger partial charge in [0, 0.05) is 24.9 Å². The molecule has 0 aliphatic carbocycles. The van der Waals surface area contributed by atoms with Crippen molar-refractivity contribution in [1.82, 2.24) is 19.7 Å². The lowest BCUT2D eigenvalue weighted by Gasteiger charge is -2.02. The first-order valence-corrected chi connectivity index (χ1v) is 6.28. The zero-order valence-corrected chi connectivity index (χ0v) is 10.6. The van der Waals surface area contributed by atoms with Crippen LogP contribution in [0.15, 0.2) is 36.0 Å². The number of hydrogen-bond donors (Lipinski definition) is 1. The number of nitrogen functional groups attached to an aromatic ring is 1. The van der Waals surface area contributed by atoms with Crippen LogP contribution in [0.2, 0.25) is 0 Å². The van der Waals surface area contributed by atoms with Crippen LogP contribution in [0.3, 0.4) is 0 Å². The molecule has 0 amide bonds. The Morgan fingerprint density at radius 3 is 2.89 bits per heavy atom. The van der Waals surface area contributed by atoms with E-state index in [0.29, 0.717) is 11.6 Å². The van der Waals surface area contributed by atoms with Gasteiger partial charge in [0.1, 0.15) is 5.82 Å². The standard InChI is InChI=1S/C12H11N5S/c1-17-7-8(6-14-17)9-5-11(13)16-12(15-9)10-3-2-4-18-10/h2-7H,1H3,(H2,13,15,16). The number of nitrogens with zero attached hydrogens (tertiary/aromatic N) is 4. The van der Waals surface area contributed by atoms with Crippen molar-refractivity contribution < 1.29 is 0 Å². The fraction of sp³-hybridized carbons (Fsp3) is 0.0833. The second-order valence-corrected chi connectivity index (χ2v) is 4.83. The fourth-order valence-corrected chi connectivity index (χ4v) is 2.34. The summed E-state index contributed by atoms with van der Waals surface area (Å²) in [6, 6.07) is 5.71. The van der Waals surface area contributed by atoms with Crippen LogP contribution in [0.4, 0.5) is 5.82 Å². The van der Waals surface area contributed by atoms with Crippen molar-refractivity contribution in [3.8, 4) is 22.0 Å². The quantitative estimate of drug-likeness (QED) is 0.764. The largest absolute Gasteiger partial charge is 0.384 e. The number of anilines is 1. The van der Waals surface area contributed by atoms with Gasteiger partial charge in [-0.25, -0.2) is 9.97 Å². The zero-order chi connectivity index (χ0) is 12.5. The molecule has 0 radical (unpaired) electrons. The minimum absolute atomic E-state index is 0.465. The van der Waals surface area contributed by atoms with E-state index in [9.17, 15) is 0 Å². The van der Waals surface area contributed by atoms with Crippen LogP contribution in [0.1, 0.15) is 0 Å². The second-order valence-electron chi connectivity index (χ2n) is 3.88. The number of aryl methyl sites for hydroxylation is 1. The van der Waals surface area contributed by atoms with Gasteiger partial charge in [-0.3, -0.25) is 4.68 Å². The van der Waals surface area contributed by atoms with Crippen LogP contribution in [-0.2, 0) is 7.05 Å². The molecule has 2 N–H and O–H groups in total. The second kappa shape index (κ2) is 4.23. The highest BCUT2D eigenvalue weighted by atomic mass is 32.1. The number of nitrogens with two attached hydrogens (primary N) is 1. The predicted molar refractivity (Wildman–Crippen MR) is 72.0 cm³/mol. The van der Waals surface area contributed by atoms with Crippen LogP contribution < -0.4 is 5.73 Å². The third-order valence-corrected chi connectivity index (χ3v) is 3.35. The van der Waals surface area contributed by atoms with Gasteiger partial charge in [0.05, 0.1) is 16.8 Å². The van der Waals surface area contributed by atoms with Crippen molar-refractivity contribution in [1.29, 1.82) is 0 Å². The summed E-state index contributed by atoms with van der Waals surface area (Å²) in [6.45, 7) is 0. The first kappa shape index (κ1) is 10.9. The van der Waals surface area contributed by atoms with E-state index >= 15 is 0 Å². The molecule has 90 valence electrons. The lowest BCUT2D eigenvalue weighted by atomic mass is 10.2. The number of hydrogen-bond acceptors (Lipinski definition) is 5. The molecule has 0 aliphatic rings. The topological polar surface area (TPSA) is 69.6 Å². The highest BCUT2D eigenvalue weighted by molar-refractivity contribution is 7.13. The Bertz CT molecular complexity index is 672. The molecule has 6 heteroatoms. The summed E-state index contributed by atoms with van der Waals surface area (Å²) < 4.78 is 1.73. The van der Waals surface area contributed by atoms with Gasteiger partial charge in [-0.15, -0.1) is 11.3 Å². The minimum Gasteiger partial charge on any atom is -0.384 e. The van der Waals surface area contributed by atoms with Gasteiger partial charge in [0.2, 0.25) is 0 Å². The SMILES string of the molecule is Cn1cc(-c2cc(N)nc(-c3cccs3)n2)cn1. The molecule has 0 bridgehead atoms. The highest BCUT2D eigenvalue weighted by Gasteiger charge is 2.09. The monoisotopic (exact) mass is 257 g/mol. The van der Waals surface area contributed by atoms with Crippen molar-refractivity contribution in [2.24, 2.45) is 7.05 Å². The van der Waals surface area contributed by atoms with E-state index in [1.807, 2.05) is 30.8 Å². The molecule has 3 heterocycles. The van der Waals surface area contributed by atoms with Gasteiger partial charge in [0.25, 0.3) is 0 Å². The maximum absolute atomic E-state index is 5.84. The third kappa shape index (κ3) is 1.98. The van der Waals surface area contributed by atoms with Gasteiger partial charge < -0.3 is 5.73 Å². The van der Waals surface area contributed by atoms with Crippen molar-refractivity contribution in [2.45, 2.75) is 0 Å². The lowest BCUT2D eigenvalue weighted by molar-refractivity contribution is 0.768. The van der Waals surface area contributed by atoms with E-state index in [1.165, 1.54) is 0 Å². The highest BCUT2D eigenvalue weighted by Crippen LogP contribution is 2.25. The maximum atomic E-state index is 5.84. The summed E-state index contributed by atoms with van der Waals surface area (Å²) in [4.78, 5) is 9.79. The van der Waals surface area contributed by atoms with E-state index in [4.69, 9.17) is 5.73 Å². The maximum Gasteiger partial charge on any atom is 0.172 e. The molecule has 18 heavy (non-hydrogen) atoms. The van der Waals surface area contributed by atoms with Crippen molar-refractivity contribution in [3.05, 3.63) is 36.0 Å². The summed E-state index contributed by atoms with van der Waals surface area (Å²) >= 11 is 1.59. The van der Waals surface area contributed by atoms with Crippen LogP contribution >= 0.6 is 11.3 Å². The van der Waals surface area contributed by atoms with E-state index < -0.39 is 0 Å². The molecule has 0 aliphatic heterocycles. The Labute approximate surface area is 108 Å². The Morgan fingerprint density at radius 2 is 2.22 bits per heavy atom. The summed E-state index contributed by atoms with van der Waals surface area (Å²) in [5.41, 5.74) is 7.56. The smallest absolute Gasteiger partial charge is 0.172 e. The third-order valence-electron chi connectivity index (χ3n) is 2.49. The van der Waals surface area contributed by atoms with Crippen molar-refractivity contribution in [3.63, 3.8) is 0 Å². The van der Waals surface area contributed by atoms with E-state index in [1.54, 1.807) is 28.3 Å². The van der Waals surface area contributed by atoms with Gasteiger partial charge in [-0.05, 0) is 11.4 Å². The average molecular weight is 257 g/mol. The van der Waals surface area contributed by atoms with Gasteiger partial charge >= 0.3 is 0 Å². The van der Waals surface area contributed by atoms with Crippen LogP contribution in [0.25, 0.3) is 22.0 Å². The molecule has 3 aromatic heterocycles. The molecule has 0 atom stereocenters. The molecule has 0 unspecified atom stereocenters. The Balaban J connectivity index is 2.11. The predicted octanol–water partition coefficient (Wildman–Crippen LogP) is 2.19. The minimum atomic E-state index is 0.465. The lowest BCUT2D eigenvalue weighted by Crippen LogP contribution is -1.96. The summed E-state index contributed by atoms with van der Waals surface area (Å²) in [6.07, 6.45) is 3.67. The average Bonchev–Trinajstić information content (AvgIpc) is 2.98. The molecule has 3 aromatic rings. The van der Waals surface area contributed by atoms with Crippen LogP contribution in [-0.4, -0.2) is 19.7 Å². The molecule has 0 spiro atoms. The van der Waals surface area contributed by atoms with Gasteiger partial charge in [-0.1, -0.05) is 6.07 Å². The molecule has 0 aromatic carbocycles. The molecule has 0 saturated heterocycles. The summed E-state index contributed by atoms with van der Waals surface area (Å²) in [5, 5.41) is 6.12. The van der Waals surface area contributed by atoms with Crippen molar-refractivity contribution >= 4 is 17.2 Å². The van der Waals surface area contributed by atoms with Crippen LogP contribution in [0.5, 0.6) is 0 Å². The van der Waals surface area contributed by atoms with Gasteiger partial charge in [-0.2, -0.15) is 5.10 Å².